The van der Waals surface area contributed by atoms with Crippen LogP contribution < -0.4 is 0 Å². The molecule has 0 amide bonds. The minimum atomic E-state index is -4.95. The van der Waals surface area contributed by atoms with E-state index in [2.05, 4.69) is 55.4 Å². The number of phosphoric ester groups is 2. The number of esters is 4. The molecular weight excluding hydrogens is 1130 g/mol. The molecule has 0 aliphatic heterocycles. The number of unbranched alkanes of at least 4 members (excludes halogenated alkanes) is 29. The van der Waals surface area contributed by atoms with Crippen molar-refractivity contribution in [1.29, 1.82) is 0 Å². The second kappa shape index (κ2) is 56.1. The monoisotopic (exact) mass is 1250 g/mol. The number of ether oxygens (including phenoxy) is 4. The van der Waals surface area contributed by atoms with Crippen LogP contribution in [0.1, 0.15) is 319 Å². The zero-order valence-electron chi connectivity index (χ0n) is 55.2. The van der Waals surface area contributed by atoms with Gasteiger partial charge in [-0.25, -0.2) is 9.13 Å². The van der Waals surface area contributed by atoms with Gasteiger partial charge in [0.15, 0.2) is 12.2 Å². The Morgan fingerprint density at radius 3 is 0.729 bits per heavy atom. The molecule has 0 rings (SSSR count). The molecule has 0 spiro atoms. The minimum Gasteiger partial charge on any atom is -0.462 e. The van der Waals surface area contributed by atoms with Crippen molar-refractivity contribution in [2.75, 3.05) is 39.6 Å². The van der Waals surface area contributed by atoms with Crippen LogP contribution in [0.2, 0.25) is 0 Å². The van der Waals surface area contributed by atoms with Gasteiger partial charge in [-0.3, -0.25) is 37.3 Å². The Morgan fingerprint density at radius 2 is 0.494 bits per heavy atom. The van der Waals surface area contributed by atoms with Crippen molar-refractivity contribution in [2.45, 2.75) is 337 Å². The normalized spacial score (nSPS) is 14.4. The third kappa shape index (κ3) is 60.7. The lowest BCUT2D eigenvalue weighted by atomic mass is 10.0. The number of hydrogen-bond acceptors (Lipinski definition) is 15. The summed E-state index contributed by atoms with van der Waals surface area (Å²) in [5.41, 5.74) is 0. The van der Waals surface area contributed by atoms with E-state index in [9.17, 15) is 43.2 Å². The first-order valence-corrected chi connectivity index (χ1v) is 37.2. The van der Waals surface area contributed by atoms with Crippen molar-refractivity contribution in [2.24, 2.45) is 23.7 Å². The van der Waals surface area contributed by atoms with Crippen LogP contribution in [-0.2, 0) is 65.4 Å². The summed E-state index contributed by atoms with van der Waals surface area (Å²) in [6.07, 6.45) is 36.3. The highest BCUT2D eigenvalue weighted by Crippen LogP contribution is 2.45. The fraction of sp³-hybridized carbons (Fsp3) is 0.939. The molecule has 17 nitrogen and oxygen atoms in total. The quantitative estimate of drug-likeness (QED) is 0.0222. The maximum atomic E-state index is 13.0. The molecule has 19 heteroatoms. The van der Waals surface area contributed by atoms with Crippen LogP contribution in [0.15, 0.2) is 0 Å². The maximum absolute atomic E-state index is 13.0. The Morgan fingerprint density at radius 1 is 0.294 bits per heavy atom. The third-order valence-electron chi connectivity index (χ3n) is 15.1. The molecule has 3 N–H and O–H groups in total. The summed E-state index contributed by atoms with van der Waals surface area (Å²) in [6, 6.07) is 0. The molecule has 0 heterocycles. The fourth-order valence-corrected chi connectivity index (χ4v) is 11.4. The van der Waals surface area contributed by atoms with E-state index in [0.29, 0.717) is 31.6 Å². The van der Waals surface area contributed by atoms with Gasteiger partial charge in [-0.2, -0.15) is 0 Å². The van der Waals surface area contributed by atoms with Crippen LogP contribution in [0.25, 0.3) is 0 Å². The number of hydrogen-bond donors (Lipinski definition) is 3. The summed E-state index contributed by atoms with van der Waals surface area (Å²) in [6.45, 7) is 14.0. The lowest BCUT2D eigenvalue weighted by Crippen LogP contribution is -2.30. The van der Waals surface area contributed by atoms with Crippen LogP contribution >= 0.6 is 15.6 Å². The van der Waals surface area contributed by atoms with Crippen LogP contribution in [0.4, 0.5) is 0 Å². The van der Waals surface area contributed by atoms with Gasteiger partial charge < -0.3 is 33.8 Å². The van der Waals surface area contributed by atoms with E-state index in [-0.39, 0.29) is 25.7 Å². The van der Waals surface area contributed by atoms with E-state index in [1.165, 1.54) is 116 Å². The first kappa shape index (κ1) is 83.1. The molecule has 504 valence electrons. The summed E-state index contributed by atoms with van der Waals surface area (Å²) in [5, 5.41) is 10.6. The van der Waals surface area contributed by atoms with Gasteiger partial charge in [-0.15, -0.1) is 0 Å². The molecule has 0 aromatic rings. The second-order valence-electron chi connectivity index (χ2n) is 25.8. The van der Waals surface area contributed by atoms with E-state index < -0.39 is 97.5 Å². The number of aliphatic hydroxyl groups excluding tert-OH is 1. The Labute approximate surface area is 517 Å². The van der Waals surface area contributed by atoms with Gasteiger partial charge in [0.25, 0.3) is 0 Å². The summed E-state index contributed by atoms with van der Waals surface area (Å²) >= 11 is 0. The smallest absolute Gasteiger partial charge is 0.462 e. The SMILES string of the molecule is CC(C)CCCCCCCCCCCC(=O)OC[C@H](COP(=O)(O)OCC(O)COP(=O)(O)OC[C@@H](COC(=O)CCCCCCCCCC(C)C)OC(=O)CCCCCCCCCCC(C)C)OC(=O)CCCCCCCCCCCC(C)C. The van der Waals surface area contributed by atoms with E-state index >= 15 is 0 Å². The molecule has 0 bridgehead atoms. The van der Waals surface area contributed by atoms with Crippen molar-refractivity contribution in [3.63, 3.8) is 0 Å². The number of aliphatic hydroxyl groups is 1. The Hall–Kier alpha value is -1.94. The van der Waals surface area contributed by atoms with E-state index in [4.69, 9.17) is 37.0 Å². The van der Waals surface area contributed by atoms with Crippen molar-refractivity contribution in [3.8, 4) is 0 Å². The lowest BCUT2D eigenvalue weighted by molar-refractivity contribution is -0.161. The third-order valence-corrected chi connectivity index (χ3v) is 17.0. The molecular formula is C66H128O17P2. The van der Waals surface area contributed by atoms with Crippen LogP contribution in [0.5, 0.6) is 0 Å². The first-order valence-electron chi connectivity index (χ1n) is 34.2. The molecule has 0 aromatic carbocycles. The van der Waals surface area contributed by atoms with Crippen molar-refractivity contribution < 1.29 is 80.2 Å². The summed E-state index contributed by atoms with van der Waals surface area (Å²) in [5.74, 6) is 0.766. The van der Waals surface area contributed by atoms with Gasteiger partial charge in [0, 0.05) is 25.7 Å². The number of phosphoric acid groups is 2. The Balaban J connectivity index is 5.26. The van der Waals surface area contributed by atoms with Crippen molar-refractivity contribution in [1.82, 2.24) is 0 Å². The fourth-order valence-electron chi connectivity index (χ4n) is 9.78. The predicted octanol–water partition coefficient (Wildman–Crippen LogP) is 18.1. The van der Waals surface area contributed by atoms with Gasteiger partial charge in [0.05, 0.1) is 26.4 Å². The minimum absolute atomic E-state index is 0.103. The van der Waals surface area contributed by atoms with Gasteiger partial charge in [-0.05, 0) is 49.4 Å². The zero-order chi connectivity index (χ0) is 63.2. The number of rotatable bonds is 63. The average molecular weight is 1260 g/mol. The maximum Gasteiger partial charge on any atom is 0.472 e. The van der Waals surface area contributed by atoms with Gasteiger partial charge >= 0.3 is 39.5 Å². The molecule has 3 unspecified atom stereocenters. The summed E-state index contributed by atoms with van der Waals surface area (Å²) < 4.78 is 68.1. The molecule has 0 saturated carbocycles. The highest BCUT2D eigenvalue weighted by Gasteiger charge is 2.30. The van der Waals surface area contributed by atoms with Crippen molar-refractivity contribution >= 4 is 39.5 Å². The highest BCUT2D eigenvalue weighted by molar-refractivity contribution is 7.47. The second-order valence-corrected chi connectivity index (χ2v) is 28.7. The zero-order valence-corrected chi connectivity index (χ0v) is 57.0. The van der Waals surface area contributed by atoms with E-state index in [0.717, 1.165) is 114 Å². The van der Waals surface area contributed by atoms with Crippen LogP contribution in [0, 0.1) is 23.7 Å². The van der Waals surface area contributed by atoms with Crippen molar-refractivity contribution in [3.05, 3.63) is 0 Å². The molecule has 0 aliphatic rings. The summed E-state index contributed by atoms with van der Waals surface area (Å²) in [7, 11) is -9.89. The Bertz CT molecular complexity index is 1700. The lowest BCUT2D eigenvalue weighted by Gasteiger charge is -2.21. The average Bonchev–Trinajstić information content (AvgIpc) is 3.53. The molecule has 0 saturated heterocycles. The standard InChI is InChI=1S/C66H128O17P2/c1-56(2)42-34-26-18-11-9-13-22-30-38-46-63(68)76-52-61(82-65(70)48-40-32-23-14-10-12-19-27-35-43-57(3)4)54-80-84(72,73)78-50-60(67)51-79-85(74,75)81-55-62(53-77-64(69)47-39-31-25-17-21-29-37-45-59(7)8)83-66(71)49-41-33-24-16-15-20-28-36-44-58(5)6/h56-62,67H,9-55H2,1-8H3,(H,72,73)(H,74,75)/t60?,61-,62-/m1/s1. The first-order chi connectivity index (χ1) is 40.6. The largest absolute Gasteiger partial charge is 0.472 e. The molecule has 0 fully saturated rings. The van der Waals surface area contributed by atoms with Gasteiger partial charge in [0.1, 0.15) is 19.3 Å². The highest BCUT2D eigenvalue weighted by atomic mass is 31.2. The topological polar surface area (TPSA) is 237 Å². The molecule has 0 aliphatic carbocycles. The molecule has 0 aromatic heterocycles. The van der Waals surface area contributed by atoms with E-state index in [1.54, 1.807) is 0 Å². The number of carbonyl (C=O) groups excluding carboxylic acids is 4. The molecule has 85 heavy (non-hydrogen) atoms. The molecule has 0 radical (unpaired) electrons. The molecule has 5 atom stereocenters. The summed E-state index contributed by atoms with van der Waals surface area (Å²) in [4.78, 5) is 72.3. The van der Waals surface area contributed by atoms with Crippen LogP contribution in [-0.4, -0.2) is 96.7 Å². The van der Waals surface area contributed by atoms with Crippen LogP contribution in [0.3, 0.4) is 0 Å². The Kier molecular flexibility index (Phi) is 54.8. The number of carbonyl (C=O) groups is 4. The van der Waals surface area contributed by atoms with Gasteiger partial charge in [0.2, 0.25) is 0 Å². The van der Waals surface area contributed by atoms with Gasteiger partial charge in [-0.1, -0.05) is 267 Å². The van der Waals surface area contributed by atoms with E-state index in [1.807, 2.05) is 0 Å². The predicted molar refractivity (Wildman–Crippen MR) is 340 cm³/mol.